The molecule has 5 heteroatoms. The minimum Gasteiger partial charge on any atom is -0.444 e. The molecule has 2 aliphatic rings. The van der Waals surface area contributed by atoms with Gasteiger partial charge in [-0.05, 0) is 12.3 Å². The second-order valence-electron chi connectivity index (χ2n) is 8.71. The van der Waals surface area contributed by atoms with E-state index in [1.54, 1.807) is 0 Å². The maximum absolute atomic E-state index is 12.4. The number of hydrogen-bond acceptors (Lipinski definition) is 4. The Labute approximate surface area is 151 Å². The van der Waals surface area contributed by atoms with Crippen molar-refractivity contribution in [2.45, 2.75) is 71.3 Å². The molecule has 140 valence electrons. The molecule has 1 aromatic heterocycles. The van der Waals surface area contributed by atoms with E-state index in [1.807, 2.05) is 11.1 Å². The van der Waals surface area contributed by atoms with Gasteiger partial charge in [-0.3, -0.25) is 9.69 Å². The van der Waals surface area contributed by atoms with Crippen molar-refractivity contribution in [1.29, 1.82) is 0 Å². The second kappa shape index (κ2) is 7.90. The van der Waals surface area contributed by atoms with Crippen LogP contribution < -0.4 is 0 Å². The van der Waals surface area contributed by atoms with Crippen LogP contribution in [-0.4, -0.2) is 46.9 Å². The Morgan fingerprint density at radius 3 is 2.48 bits per heavy atom. The fraction of sp³-hybridized carbons (Fsp3) is 0.800. The smallest absolute Gasteiger partial charge is 0.222 e. The molecule has 0 aromatic carbocycles. The van der Waals surface area contributed by atoms with Gasteiger partial charge < -0.3 is 9.32 Å². The minimum absolute atomic E-state index is 0.00428. The van der Waals surface area contributed by atoms with Crippen molar-refractivity contribution in [1.82, 2.24) is 14.8 Å². The largest absolute Gasteiger partial charge is 0.444 e. The lowest BCUT2D eigenvalue weighted by Crippen LogP contribution is -2.48. The zero-order valence-electron chi connectivity index (χ0n) is 16.1. The SMILES string of the molecule is CC(C)(C)c1cnc(CN2CCN(C(=O)CCC3CCCC3)CC2)o1. The van der Waals surface area contributed by atoms with Crippen LogP contribution in [0.15, 0.2) is 10.6 Å². The standard InChI is InChI=1S/C20H33N3O2/c1-20(2,3)17-14-21-18(25-17)15-22-10-12-23(13-11-22)19(24)9-8-16-6-4-5-7-16/h14,16H,4-13,15H2,1-3H3. The number of carbonyl (C=O) groups is 1. The van der Waals surface area contributed by atoms with Gasteiger partial charge in [0, 0.05) is 38.0 Å². The summed E-state index contributed by atoms with van der Waals surface area (Å²) >= 11 is 0. The third kappa shape index (κ3) is 5.06. The Balaban J connectivity index is 1.40. The van der Waals surface area contributed by atoms with Crippen molar-refractivity contribution < 1.29 is 9.21 Å². The summed E-state index contributed by atoms with van der Waals surface area (Å²) in [6, 6.07) is 0. The first-order valence-electron chi connectivity index (χ1n) is 9.87. The van der Waals surface area contributed by atoms with Gasteiger partial charge in [0.1, 0.15) is 5.76 Å². The van der Waals surface area contributed by atoms with Gasteiger partial charge in [-0.1, -0.05) is 46.5 Å². The molecule has 1 saturated heterocycles. The van der Waals surface area contributed by atoms with Crippen molar-refractivity contribution in [3.05, 3.63) is 17.8 Å². The van der Waals surface area contributed by atoms with Crippen LogP contribution in [0, 0.1) is 5.92 Å². The Morgan fingerprint density at radius 2 is 1.88 bits per heavy atom. The van der Waals surface area contributed by atoms with E-state index in [2.05, 4.69) is 30.7 Å². The van der Waals surface area contributed by atoms with Crippen molar-refractivity contribution in [2.24, 2.45) is 5.92 Å². The lowest BCUT2D eigenvalue weighted by molar-refractivity contribution is -0.133. The molecule has 0 spiro atoms. The van der Waals surface area contributed by atoms with Gasteiger partial charge in [-0.15, -0.1) is 0 Å². The molecule has 1 aliphatic carbocycles. The number of aromatic nitrogens is 1. The highest BCUT2D eigenvalue weighted by atomic mass is 16.4. The molecule has 0 bridgehead atoms. The zero-order chi connectivity index (χ0) is 17.9. The molecular weight excluding hydrogens is 314 g/mol. The molecule has 25 heavy (non-hydrogen) atoms. The highest BCUT2D eigenvalue weighted by Gasteiger charge is 2.24. The molecule has 1 amide bonds. The first kappa shape index (κ1) is 18.4. The van der Waals surface area contributed by atoms with Crippen LogP contribution in [0.25, 0.3) is 0 Å². The maximum atomic E-state index is 12.4. The topological polar surface area (TPSA) is 49.6 Å². The number of rotatable bonds is 5. The molecule has 0 N–H and O–H groups in total. The van der Waals surface area contributed by atoms with Crippen LogP contribution in [0.1, 0.15) is 70.9 Å². The van der Waals surface area contributed by atoms with E-state index in [4.69, 9.17) is 4.42 Å². The van der Waals surface area contributed by atoms with Crippen LogP contribution >= 0.6 is 0 Å². The van der Waals surface area contributed by atoms with E-state index in [0.717, 1.165) is 63.1 Å². The third-order valence-electron chi connectivity index (χ3n) is 5.62. The number of oxazole rings is 1. The van der Waals surface area contributed by atoms with Crippen LogP contribution in [0.2, 0.25) is 0 Å². The summed E-state index contributed by atoms with van der Waals surface area (Å²) in [4.78, 5) is 21.2. The maximum Gasteiger partial charge on any atom is 0.222 e. The third-order valence-corrected chi connectivity index (χ3v) is 5.62. The summed E-state index contributed by atoms with van der Waals surface area (Å²) in [5, 5.41) is 0. The molecule has 3 rings (SSSR count). The first-order valence-corrected chi connectivity index (χ1v) is 9.87. The summed E-state index contributed by atoms with van der Waals surface area (Å²) in [5.74, 6) is 2.86. The van der Waals surface area contributed by atoms with Gasteiger partial charge in [0.25, 0.3) is 0 Å². The van der Waals surface area contributed by atoms with Gasteiger partial charge in [0.05, 0.1) is 12.7 Å². The molecule has 0 atom stereocenters. The molecule has 0 unspecified atom stereocenters. The van der Waals surface area contributed by atoms with Crippen molar-refractivity contribution in [3.8, 4) is 0 Å². The molecule has 1 aliphatic heterocycles. The molecule has 1 aromatic rings. The number of carbonyl (C=O) groups excluding carboxylic acids is 1. The predicted molar refractivity (Wildman–Crippen MR) is 98.3 cm³/mol. The Hall–Kier alpha value is -1.36. The van der Waals surface area contributed by atoms with Crippen molar-refractivity contribution in [2.75, 3.05) is 26.2 Å². The Kier molecular flexibility index (Phi) is 5.82. The van der Waals surface area contributed by atoms with Crippen LogP contribution in [0.5, 0.6) is 0 Å². The fourth-order valence-electron chi connectivity index (χ4n) is 3.86. The summed E-state index contributed by atoms with van der Waals surface area (Å²) in [7, 11) is 0. The quantitative estimate of drug-likeness (QED) is 0.817. The predicted octanol–water partition coefficient (Wildman–Crippen LogP) is 3.59. The lowest BCUT2D eigenvalue weighted by atomic mass is 9.94. The molecule has 0 radical (unpaired) electrons. The van der Waals surface area contributed by atoms with E-state index in [1.165, 1.54) is 25.7 Å². The molecule has 5 nitrogen and oxygen atoms in total. The highest BCUT2D eigenvalue weighted by Crippen LogP contribution is 2.29. The van der Waals surface area contributed by atoms with E-state index >= 15 is 0 Å². The number of nitrogens with zero attached hydrogens (tertiary/aromatic N) is 3. The van der Waals surface area contributed by atoms with Gasteiger partial charge in [0.15, 0.2) is 0 Å². The van der Waals surface area contributed by atoms with Gasteiger partial charge >= 0.3 is 0 Å². The molecular formula is C20H33N3O2. The average molecular weight is 348 g/mol. The lowest BCUT2D eigenvalue weighted by Gasteiger charge is -2.34. The number of amides is 1. The normalized spacial score (nSPS) is 20.4. The monoisotopic (exact) mass is 347 g/mol. The Morgan fingerprint density at radius 1 is 1.20 bits per heavy atom. The van der Waals surface area contributed by atoms with Gasteiger partial charge in [0.2, 0.25) is 11.8 Å². The summed E-state index contributed by atoms with van der Waals surface area (Å²) in [5.41, 5.74) is -0.00428. The van der Waals surface area contributed by atoms with Crippen LogP contribution in [0.3, 0.4) is 0 Å². The summed E-state index contributed by atoms with van der Waals surface area (Å²) in [6.07, 6.45) is 9.04. The highest BCUT2D eigenvalue weighted by molar-refractivity contribution is 5.76. The summed E-state index contributed by atoms with van der Waals surface area (Å²) < 4.78 is 5.89. The molecule has 2 fully saturated rings. The van der Waals surface area contributed by atoms with Crippen LogP contribution in [-0.2, 0) is 16.8 Å². The van der Waals surface area contributed by atoms with Crippen molar-refractivity contribution in [3.63, 3.8) is 0 Å². The fourth-order valence-corrected chi connectivity index (χ4v) is 3.86. The first-order chi connectivity index (χ1) is 11.9. The number of piperazine rings is 1. The summed E-state index contributed by atoms with van der Waals surface area (Å²) in [6.45, 7) is 10.6. The second-order valence-corrected chi connectivity index (χ2v) is 8.71. The molecule has 1 saturated carbocycles. The van der Waals surface area contributed by atoms with E-state index in [0.29, 0.717) is 5.91 Å². The van der Waals surface area contributed by atoms with Crippen molar-refractivity contribution >= 4 is 5.91 Å². The molecule has 2 heterocycles. The van der Waals surface area contributed by atoms with Gasteiger partial charge in [-0.25, -0.2) is 4.98 Å². The minimum atomic E-state index is -0.00428. The van der Waals surface area contributed by atoms with Crippen LogP contribution in [0.4, 0.5) is 0 Å². The zero-order valence-corrected chi connectivity index (χ0v) is 16.1. The number of hydrogen-bond donors (Lipinski definition) is 0. The van der Waals surface area contributed by atoms with E-state index in [-0.39, 0.29) is 5.41 Å². The Bertz CT molecular complexity index is 562. The van der Waals surface area contributed by atoms with Gasteiger partial charge in [-0.2, -0.15) is 0 Å². The average Bonchev–Trinajstić information content (AvgIpc) is 3.24. The van der Waals surface area contributed by atoms with E-state index < -0.39 is 0 Å². The van der Waals surface area contributed by atoms with E-state index in [9.17, 15) is 4.79 Å².